The molecule has 1 atom stereocenters. The summed E-state index contributed by atoms with van der Waals surface area (Å²) in [7, 11) is 2.07. The molecule has 0 spiro atoms. The van der Waals surface area contributed by atoms with Crippen molar-refractivity contribution in [1.82, 2.24) is 10.2 Å². The Morgan fingerprint density at radius 1 is 0.933 bits per heavy atom. The van der Waals surface area contributed by atoms with Crippen molar-refractivity contribution in [2.45, 2.75) is 47.1 Å². The van der Waals surface area contributed by atoms with Crippen molar-refractivity contribution in [2.75, 3.05) is 26.7 Å². The van der Waals surface area contributed by atoms with Crippen LogP contribution in [0.5, 0.6) is 0 Å². The molecule has 1 N–H and O–H groups in total. The minimum Gasteiger partial charge on any atom is -0.316 e. The molecular formula is C13H30N2. The van der Waals surface area contributed by atoms with Crippen LogP contribution in [0.25, 0.3) is 0 Å². The van der Waals surface area contributed by atoms with Crippen LogP contribution in [0, 0.1) is 11.8 Å². The summed E-state index contributed by atoms with van der Waals surface area (Å²) in [6.45, 7) is 15.1. The maximum atomic E-state index is 3.39. The van der Waals surface area contributed by atoms with Crippen LogP contribution >= 0.6 is 0 Å². The van der Waals surface area contributed by atoms with Gasteiger partial charge in [-0.1, -0.05) is 34.6 Å². The molecule has 0 aliphatic carbocycles. The summed E-state index contributed by atoms with van der Waals surface area (Å²) >= 11 is 0. The third-order valence-corrected chi connectivity index (χ3v) is 2.63. The lowest BCUT2D eigenvalue weighted by Crippen LogP contribution is -2.42. The molecule has 0 saturated carbocycles. The van der Waals surface area contributed by atoms with E-state index < -0.39 is 0 Å². The molecule has 0 saturated heterocycles. The van der Waals surface area contributed by atoms with Crippen molar-refractivity contribution in [1.29, 1.82) is 0 Å². The molecule has 2 nitrogen and oxygen atoms in total. The van der Waals surface area contributed by atoms with E-state index in [4.69, 9.17) is 0 Å². The second-order valence-corrected chi connectivity index (χ2v) is 5.40. The number of hydrogen-bond acceptors (Lipinski definition) is 2. The first-order valence-electron chi connectivity index (χ1n) is 6.39. The molecule has 0 amide bonds. The fraction of sp³-hybridized carbons (Fsp3) is 1.00. The van der Waals surface area contributed by atoms with E-state index in [1.165, 1.54) is 26.1 Å². The van der Waals surface area contributed by atoms with Gasteiger partial charge in [0.05, 0.1) is 0 Å². The molecule has 0 radical (unpaired) electrons. The summed E-state index contributed by atoms with van der Waals surface area (Å²) in [6, 6.07) is 0.641. The van der Waals surface area contributed by atoms with Crippen LogP contribution < -0.4 is 5.32 Å². The normalized spacial score (nSPS) is 14.2. The van der Waals surface area contributed by atoms with Gasteiger partial charge in [0.15, 0.2) is 0 Å². The molecule has 1 unspecified atom stereocenters. The highest BCUT2D eigenvalue weighted by Crippen LogP contribution is 2.05. The van der Waals surface area contributed by atoms with Gasteiger partial charge >= 0.3 is 0 Å². The van der Waals surface area contributed by atoms with Crippen LogP contribution in [0.1, 0.15) is 41.0 Å². The van der Waals surface area contributed by atoms with Crippen LogP contribution in [0.2, 0.25) is 0 Å². The molecule has 0 bridgehead atoms. The fourth-order valence-corrected chi connectivity index (χ4v) is 1.99. The molecule has 0 aromatic rings. The van der Waals surface area contributed by atoms with Crippen molar-refractivity contribution in [3.63, 3.8) is 0 Å². The van der Waals surface area contributed by atoms with E-state index in [2.05, 4.69) is 51.9 Å². The first kappa shape index (κ1) is 14.9. The first-order valence-corrected chi connectivity index (χ1v) is 6.39. The van der Waals surface area contributed by atoms with Crippen molar-refractivity contribution in [3.8, 4) is 0 Å². The molecule has 0 rings (SSSR count). The Bertz CT molecular complexity index is 129. The van der Waals surface area contributed by atoms with Crippen molar-refractivity contribution >= 4 is 0 Å². The molecule has 0 fully saturated rings. The van der Waals surface area contributed by atoms with Gasteiger partial charge in [0.1, 0.15) is 0 Å². The predicted molar refractivity (Wildman–Crippen MR) is 69.3 cm³/mol. The minimum absolute atomic E-state index is 0.641. The van der Waals surface area contributed by atoms with E-state index in [0.717, 1.165) is 11.8 Å². The topological polar surface area (TPSA) is 15.3 Å². The second kappa shape index (κ2) is 8.12. The molecule has 15 heavy (non-hydrogen) atoms. The Labute approximate surface area is 96.4 Å². The highest BCUT2D eigenvalue weighted by molar-refractivity contribution is 4.71. The van der Waals surface area contributed by atoms with Crippen LogP contribution in [0.15, 0.2) is 0 Å². The zero-order valence-corrected chi connectivity index (χ0v) is 11.5. The van der Waals surface area contributed by atoms with E-state index in [1.54, 1.807) is 0 Å². The Morgan fingerprint density at radius 3 is 1.67 bits per heavy atom. The zero-order valence-electron chi connectivity index (χ0n) is 11.5. The van der Waals surface area contributed by atoms with Gasteiger partial charge in [0.25, 0.3) is 0 Å². The van der Waals surface area contributed by atoms with Gasteiger partial charge in [-0.15, -0.1) is 0 Å². The maximum Gasteiger partial charge on any atom is 0.0189 e. The van der Waals surface area contributed by atoms with Gasteiger partial charge in [-0.2, -0.15) is 0 Å². The third kappa shape index (κ3) is 7.80. The fourth-order valence-electron chi connectivity index (χ4n) is 1.99. The van der Waals surface area contributed by atoms with Crippen molar-refractivity contribution < 1.29 is 0 Å². The van der Waals surface area contributed by atoms with Crippen LogP contribution in [0.3, 0.4) is 0 Å². The average molecular weight is 214 g/mol. The molecule has 92 valence electrons. The number of nitrogens with one attached hydrogen (secondary N) is 1. The highest BCUT2D eigenvalue weighted by atomic mass is 15.1. The number of rotatable bonds is 8. The minimum atomic E-state index is 0.641. The SMILES string of the molecule is CCC(CN(CC(C)C)CC(C)C)NC. The quantitative estimate of drug-likeness (QED) is 0.668. The van der Waals surface area contributed by atoms with E-state index in [9.17, 15) is 0 Å². The summed E-state index contributed by atoms with van der Waals surface area (Å²) < 4.78 is 0. The lowest BCUT2D eigenvalue weighted by Gasteiger charge is -2.29. The summed E-state index contributed by atoms with van der Waals surface area (Å²) in [5.41, 5.74) is 0. The van der Waals surface area contributed by atoms with Gasteiger partial charge in [-0.25, -0.2) is 0 Å². The largest absolute Gasteiger partial charge is 0.316 e. The van der Waals surface area contributed by atoms with Crippen molar-refractivity contribution in [3.05, 3.63) is 0 Å². The zero-order chi connectivity index (χ0) is 11.8. The second-order valence-electron chi connectivity index (χ2n) is 5.40. The number of hydrogen-bond donors (Lipinski definition) is 1. The predicted octanol–water partition coefficient (Wildman–Crippen LogP) is 2.60. The van der Waals surface area contributed by atoms with Gasteiger partial charge in [-0.05, 0) is 25.3 Å². The third-order valence-electron chi connectivity index (χ3n) is 2.63. The average Bonchev–Trinajstić information content (AvgIpc) is 2.11. The molecule has 2 heteroatoms. The van der Waals surface area contributed by atoms with Gasteiger partial charge in [0, 0.05) is 25.7 Å². The summed E-state index contributed by atoms with van der Waals surface area (Å²) in [4.78, 5) is 2.60. The van der Waals surface area contributed by atoms with Gasteiger partial charge in [0.2, 0.25) is 0 Å². The van der Waals surface area contributed by atoms with Crippen LogP contribution in [-0.4, -0.2) is 37.6 Å². The summed E-state index contributed by atoms with van der Waals surface area (Å²) in [5.74, 6) is 1.52. The number of likely N-dealkylation sites (N-methyl/N-ethyl adjacent to an activating group) is 1. The van der Waals surface area contributed by atoms with Crippen LogP contribution in [0.4, 0.5) is 0 Å². The lowest BCUT2D eigenvalue weighted by atomic mass is 10.1. The van der Waals surface area contributed by atoms with E-state index >= 15 is 0 Å². The summed E-state index contributed by atoms with van der Waals surface area (Å²) in [5, 5.41) is 3.39. The monoisotopic (exact) mass is 214 g/mol. The Balaban J connectivity index is 4.09. The highest BCUT2D eigenvalue weighted by Gasteiger charge is 2.13. The van der Waals surface area contributed by atoms with Gasteiger partial charge < -0.3 is 10.2 Å². The molecular weight excluding hydrogens is 184 g/mol. The smallest absolute Gasteiger partial charge is 0.0189 e. The number of nitrogens with zero attached hydrogens (tertiary/aromatic N) is 1. The molecule has 0 aliphatic heterocycles. The van der Waals surface area contributed by atoms with E-state index in [-0.39, 0.29) is 0 Å². The molecule has 0 aromatic carbocycles. The molecule has 0 aromatic heterocycles. The Hall–Kier alpha value is -0.0800. The van der Waals surface area contributed by atoms with Crippen molar-refractivity contribution in [2.24, 2.45) is 11.8 Å². The molecule has 0 aliphatic rings. The Kier molecular flexibility index (Phi) is 8.07. The van der Waals surface area contributed by atoms with E-state index in [0.29, 0.717) is 6.04 Å². The van der Waals surface area contributed by atoms with Crippen LogP contribution in [-0.2, 0) is 0 Å². The maximum absolute atomic E-state index is 3.39. The standard InChI is InChI=1S/C13H30N2/c1-7-13(14-6)10-15(8-11(2)3)9-12(4)5/h11-14H,7-10H2,1-6H3. The van der Waals surface area contributed by atoms with Gasteiger partial charge in [-0.3, -0.25) is 0 Å². The summed E-state index contributed by atoms with van der Waals surface area (Å²) in [6.07, 6.45) is 1.21. The molecule has 0 heterocycles. The Morgan fingerprint density at radius 2 is 1.40 bits per heavy atom. The lowest BCUT2D eigenvalue weighted by molar-refractivity contribution is 0.198. The van der Waals surface area contributed by atoms with E-state index in [1.807, 2.05) is 0 Å². The first-order chi connectivity index (χ1) is 6.99.